The average Bonchev–Trinajstić information content (AvgIpc) is 2.09. The molecule has 8 heteroatoms. The molecule has 11 heavy (non-hydrogen) atoms. The summed E-state index contributed by atoms with van der Waals surface area (Å²) in [7, 11) is -3.56. The van der Waals surface area contributed by atoms with Gasteiger partial charge in [-0.15, -0.1) is 0 Å². The molecule has 4 atom stereocenters. The molecule has 1 fully saturated rings. The molecule has 0 bridgehead atoms. The maximum atomic E-state index is 11.7. The quantitative estimate of drug-likeness (QED) is 0.619. The maximum absolute atomic E-state index is 11.7. The van der Waals surface area contributed by atoms with Crippen LogP contribution in [0.15, 0.2) is 0 Å². The van der Waals surface area contributed by atoms with E-state index in [1.165, 1.54) is 6.92 Å². The van der Waals surface area contributed by atoms with Crippen LogP contribution >= 0.6 is 8.34 Å². The minimum Gasteiger partial charge on any atom is -0.273 e. The summed E-state index contributed by atoms with van der Waals surface area (Å²) in [4.78, 5) is 0. The smallest absolute Gasteiger partial charge is 0.273 e. The zero-order chi connectivity index (χ0) is 8.43. The van der Waals surface area contributed by atoms with Crippen LogP contribution in [0.4, 0.5) is 4.20 Å². The van der Waals surface area contributed by atoms with Crippen LogP contribution in [0, 0.1) is 0 Å². The fourth-order valence-electron chi connectivity index (χ4n) is 0.554. The first-order chi connectivity index (χ1) is 5.09. The molecular weight excluding hydrogens is 198 g/mol. The molecule has 0 spiro atoms. The molecule has 1 saturated heterocycles. The molecule has 0 aromatic heterocycles. The van der Waals surface area contributed by atoms with Crippen LogP contribution < -0.4 is 0 Å². The molecule has 0 amide bonds. The van der Waals surface area contributed by atoms with E-state index in [0.717, 1.165) is 0 Å². The molecular formula is C3H6FO5PS. The summed E-state index contributed by atoms with van der Waals surface area (Å²) >= 11 is -1.91. The predicted molar refractivity (Wildman–Crippen MR) is 34.8 cm³/mol. The van der Waals surface area contributed by atoms with Gasteiger partial charge in [-0.25, -0.2) is 4.18 Å². The van der Waals surface area contributed by atoms with E-state index in [2.05, 4.69) is 12.9 Å². The van der Waals surface area contributed by atoms with E-state index in [1.807, 2.05) is 0 Å². The van der Waals surface area contributed by atoms with Crippen LogP contribution in [0.2, 0.25) is 0 Å². The van der Waals surface area contributed by atoms with E-state index >= 15 is 0 Å². The van der Waals surface area contributed by atoms with Gasteiger partial charge in [0.2, 0.25) is 6.29 Å². The Labute approximate surface area is 65.7 Å². The summed E-state index contributed by atoms with van der Waals surface area (Å²) in [6, 6.07) is 0. The molecule has 0 aromatic carbocycles. The molecule has 66 valence electrons. The van der Waals surface area contributed by atoms with Crippen molar-refractivity contribution in [1.82, 2.24) is 0 Å². The molecule has 0 radical (unpaired) electrons. The van der Waals surface area contributed by atoms with Gasteiger partial charge in [0.25, 0.3) is 0 Å². The van der Waals surface area contributed by atoms with Crippen molar-refractivity contribution in [3.63, 3.8) is 0 Å². The van der Waals surface area contributed by atoms with Gasteiger partial charge >= 0.3 is 19.7 Å². The van der Waals surface area contributed by atoms with Crippen molar-refractivity contribution in [2.24, 2.45) is 0 Å². The van der Waals surface area contributed by atoms with Gasteiger partial charge in [0.05, 0.1) is 0 Å². The van der Waals surface area contributed by atoms with E-state index in [4.69, 9.17) is 0 Å². The predicted octanol–water partition coefficient (Wildman–Crippen LogP) is 0.702. The van der Waals surface area contributed by atoms with Gasteiger partial charge in [0.1, 0.15) is 6.10 Å². The highest BCUT2D eigenvalue weighted by Crippen LogP contribution is 2.31. The van der Waals surface area contributed by atoms with Crippen molar-refractivity contribution >= 4 is 19.7 Å². The molecule has 0 saturated carbocycles. The molecule has 1 rings (SSSR count). The zero-order valence-corrected chi connectivity index (χ0v) is 7.30. The van der Waals surface area contributed by atoms with E-state index < -0.39 is 32.1 Å². The Morgan fingerprint density at radius 1 is 1.64 bits per heavy atom. The van der Waals surface area contributed by atoms with Crippen molar-refractivity contribution in [3.8, 4) is 0 Å². The van der Waals surface area contributed by atoms with Gasteiger partial charge in [-0.1, -0.05) is 0 Å². The Kier molecular flexibility index (Phi) is 3.15. The molecule has 0 N–H and O–H groups in total. The lowest BCUT2D eigenvalue weighted by Crippen LogP contribution is -2.19. The van der Waals surface area contributed by atoms with Crippen LogP contribution in [0.25, 0.3) is 0 Å². The van der Waals surface area contributed by atoms with Gasteiger partial charge in [0.15, 0.2) is 0 Å². The molecule has 1 heterocycles. The van der Waals surface area contributed by atoms with Crippen LogP contribution in [-0.4, -0.2) is 16.6 Å². The standard InChI is InChI=1S/C3H6FO5PS/c1-2-3(7-10(4)5)9-11(6)8-2/h2-3,10H,1H3. The molecule has 1 aliphatic heterocycles. The molecule has 0 aromatic rings. The maximum Gasteiger partial charge on any atom is 0.358 e. The van der Waals surface area contributed by atoms with Crippen molar-refractivity contribution in [3.05, 3.63) is 0 Å². The monoisotopic (exact) mass is 204 g/mol. The molecule has 1 aliphatic rings. The first-order valence-electron chi connectivity index (χ1n) is 2.72. The number of hydrogen-bond donors (Lipinski definition) is 0. The van der Waals surface area contributed by atoms with Crippen LogP contribution in [0.3, 0.4) is 0 Å². The van der Waals surface area contributed by atoms with E-state index in [1.54, 1.807) is 0 Å². The highest BCUT2D eigenvalue weighted by Gasteiger charge is 2.33. The van der Waals surface area contributed by atoms with E-state index in [9.17, 15) is 13.0 Å². The third-order valence-corrected chi connectivity index (χ3v) is 2.22. The Bertz CT molecular complexity index is 198. The third kappa shape index (κ3) is 2.61. The Balaban J connectivity index is 2.46. The molecule has 5 nitrogen and oxygen atoms in total. The first kappa shape index (κ1) is 9.28. The first-order valence-corrected chi connectivity index (χ1v) is 4.91. The number of hydrogen-bond acceptors (Lipinski definition) is 5. The highest BCUT2D eigenvalue weighted by atomic mass is 32.2. The minimum absolute atomic E-state index is 0.666. The fraction of sp³-hybridized carbons (Fsp3) is 1.00. The van der Waals surface area contributed by atoms with Gasteiger partial charge < -0.3 is 0 Å². The van der Waals surface area contributed by atoms with Crippen molar-refractivity contribution in [2.45, 2.75) is 19.3 Å². The zero-order valence-electron chi connectivity index (χ0n) is 5.48. The minimum atomic E-state index is -3.56. The van der Waals surface area contributed by atoms with Crippen LogP contribution in [0.1, 0.15) is 6.92 Å². The Hall–Kier alpha value is 0.190. The second-order valence-electron chi connectivity index (χ2n) is 1.83. The fourth-order valence-corrected chi connectivity index (χ4v) is 1.78. The largest absolute Gasteiger partial charge is 0.358 e. The summed E-state index contributed by atoms with van der Waals surface area (Å²) < 4.78 is 45.1. The van der Waals surface area contributed by atoms with Crippen molar-refractivity contribution in [1.29, 1.82) is 0 Å². The van der Waals surface area contributed by atoms with Gasteiger partial charge in [-0.05, 0) is 6.92 Å². The number of rotatable bonds is 2. The SMILES string of the molecule is CC1OS(=O)OC1O[PH](=O)F. The van der Waals surface area contributed by atoms with Crippen LogP contribution in [0.5, 0.6) is 0 Å². The lowest BCUT2D eigenvalue weighted by molar-refractivity contribution is -0.00689. The number of halogens is 1. The Morgan fingerprint density at radius 2 is 2.27 bits per heavy atom. The van der Waals surface area contributed by atoms with Gasteiger partial charge in [-0.3, -0.25) is 13.3 Å². The van der Waals surface area contributed by atoms with Crippen molar-refractivity contribution < 1.29 is 25.9 Å². The summed E-state index contributed by atoms with van der Waals surface area (Å²) in [5.41, 5.74) is 0. The second kappa shape index (κ2) is 3.73. The summed E-state index contributed by atoms with van der Waals surface area (Å²) in [6.45, 7) is 1.47. The summed E-state index contributed by atoms with van der Waals surface area (Å²) in [5.74, 6) is 0. The van der Waals surface area contributed by atoms with Gasteiger partial charge in [0, 0.05) is 0 Å². The summed E-state index contributed by atoms with van der Waals surface area (Å²) in [6.07, 6.45) is -1.80. The van der Waals surface area contributed by atoms with Crippen LogP contribution in [-0.2, 0) is 28.8 Å². The van der Waals surface area contributed by atoms with E-state index in [-0.39, 0.29) is 0 Å². The second-order valence-corrected chi connectivity index (χ2v) is 3.33. The van der Waals surface area contributed by atoms with Gasteiger partial charge in [-0.2, -0.15) is 8.41 Å². The topological polar surface area (TPSA) is 61.8 Å². The molecule has 0 aliphatic carbocycles. The average molecular weight is 204 g/mol. The lowest BCUT2D eigenvalue weighted by atomic mass is 10.4. The lowest BCUT2D eigenvalue weighted by Gasteiger charge is -2.06. The normalized spacial score (nSPS) is 40.7. The Morgan fingerprint density at radius 3 is 2.64 bits per heavy atom. The molecule has 4 unspecified atom stereocenters. The van der Waals surface area contributed by atoms with Crippen molar-refractivity contribution in [2.75, 3.05) is 0 Å². The van der Waals surface area contributed by atoms with E-state index in [0.29, 0.717) is 0 Å². The highest BCUT2D eigenvalue weighted by molar-refractivity contribution is 7.75. The third-order valence-electron chi connectivity index (χ3n) is 0.996. The summed E-state index contributed by atoms with van der Waals surface area (Å²) in [5, 5.41) is 0.